The molecule has 0 bridgehead atoms. The number of pyridine rings is 1. The van der Waals surface area contributed by atoms with E-state index < -0.39 is 12.6 Å². The molecule has 5 rings (SSSR count). The molecule has 3 heterocycles. The molecule has 0 radical (unpaired) electrons. The number of alkyl halides is 3. The van der Waals surface area contributed by atoms with E-state index in [4.69, 9.17) is 0 Å². The molecular formula is C23H23F3IN5O. The Bertz CT molecular complexity index is 1190. The van der Waals surface area contributed by atoms with Crippen molar-refractivity contribution in [2.45, 2.75) is 44.8 Å². The van der Waals surface area contributed by atoms with Crippen molar-refractivity contribution in [2.24, 2.45) is 5.41 Å². The molecule has 1 spiro atoms. The van der Waals surface area contributed by atoms with E-state index in [1.807, 2.05) is 18.2 Å². The lowest BCUT2D eigenvalue weighted by Gasteiger charge is -2.35. The second kappa shape index (κ2) is 8.44. The Hall–Kier alpha value is -2.37. The normalized spacial score (nSPS) is 17.5. The quantitative estimate of drug-likeness (QED) is 0.406. The van der Waals surface area contributed by atoms with Crippen LogP contribution in [0, 0.1) is 8.99 Å². The van der Waals surface area contributed by atoms with Gasteiger partial charge in [0.2, 0.25) is 0 Å². The van der Waals surface area contributed by atoms with Crippen LogP contribution in [0.1, 0.15) is 42.5 Å². The first-order valence-electron chi connectivity index (χ1n) is 11.0. The molecule has 1 aromatic carbocycles. The van der Waals surface area contributed by atoms with Gasteiger partial charge in [0.1, 0.15) is 5.82 Å². The molecule has 1 N–H and O–H groups in total. The van der Waals surface area contributed by atoms with E-state index in [0.29, 0.717) is 22.0 Å². The molecule has 10 heteroatoms. The Kier molecular flexibility index (Phi) is 5.74. The summed E-state index contributed by atoms with van der Waals surface area (Å²) in [6.45, 7) is 1.54. The van der Waals surface area contributed by atoms with Gasteiger partial charge in [-0.1, -0.05) is 0 Å². The third-order valence-electron chi connectivity index (χ3n) is 6.66. The highest BCUT2D eigenvalue weighted by atomic mass is 127. The van der Waals surface area contributed by atoms with Gasteiger partial charge in [-0.15, -0.1) is 0 Å². The minimum atomic E-state index is -4.28. The second-order valence-corrected chi connectivity index (χ2v) is 10.2. The van der Waals surface area contributed by atoms with Gasteiger partial charge in [-0.25, -0.2) is 9.67 Å². The lowest BCUT2D eigenvalue weighted by atomic mass is 9.93. The van der Waals surface area contributed by atoms with E-state index in [9.17, 15) is 18.0 Å². The molecule has 1 aliphatic carbocycles. The topological polar surface area (TPSA) is 63.1 Å². The number of piperidine rings is 1. The highest BCUT2D eigenvalue weighted by Crippen LogP contribution is 2.54. The fourth-order valence-corrected chi connectivity index (χ4v) is 4.93. The van der Waals surface area contributed by atoms with Crippen LogP contribution in [0.2, 0.25) is 0 Å². The molecule has 6 nitrogen and oxygen atoms in total. The number of nitrogens with zero attached hydrogens (tertiary/aromatic N) is 4. The maximum absolute atomic E-state index is 13.2. The summed E-state index contributed by atoms with van der Waals surface area (Å²) in [6.07, 6.45) is 1.14. The van der Waals surface area contributed by atoms with E-state index in [-0.39, 0.29) is 18.3 Å². The van der Waals surface area contributed by atoms with Gasteiger partial charge in [0.15, 0.2) is 5.65 Å². The van der Waals surface area contributed by atoms with Crippen molar-refractivity contribution in [1.82, 2.24) is 14.8 Å². The molecule has 0 unspecified atom stereocenters. The first-order valence-corrected chi connectivity index (χ1v) is 12.0. The van der Waals surface area contributed by atoms with Crippen LogP contribution in [-0.2, 0) is 6.54 Å². The second-order valence-electron chi connectivity index (χ2n) is 8.94. The summed E-state index contributed by atoms with van der Waals surface area (Å²) in [5.41, 5.74) is 2.32. The molecule has 1 amide bonds. The molecule has 0 atom stereocenters. The number of fused-ring (bicyclic) bond motifs is 1. The van der Waals surface area contributed by atoms with E-state index >= 15 is 0 Å². The number of benzene rings is 1. The lowest BCUT2D eigenvalue weighted by molar-refractivity contribution is -0.137. The summed E-state index contributed by atoms with van der Waals surface area (Å²) in [5.74, 6) is -0.0114. The highest BCUT2D eigenvalue weighted by molar-refractivity contribution is 14.1. The Morgan fingerprint density at radius 3 is 2.58 bits per heavy atom. The van der Waals surface area contributed by atoms with Gasteiger partial charge < -0.3 is 10.2 Å². The van der Waals surface area contributed by atoms with Crippen molar-refractivity contribution in [1.29, 1.82) is 0 Å². The van der Waals surface area contributed by atoms with Crippen LogP contribution in [0.4, 0.5) is 24.7 Å². The van der Waals surface area contributed by atoms with Gasteiger partial charge >= 0.3 is 6.18 Å². The van der Waals surface area contributed by atoms with Gasteiger partial charge in [-0.3, -0.25) is 4.79 Å². The molecule has 1 saturated heterocycles. The number of aryl methyl sites for hydroxylation is 1. The number of nitrogens with one attached hydrogen (secondary N) is 1. The van der Waals surface area contributed by atoms with Crippen molar-refractivity contribution in [3.8, 4) is 0 Å². The number of aromatic nitrogens is 3. The number of halogens is 4. The Balaban J connectivity index is 1.36. The predicted octanol–water partition coefficient (Wildman–Crippen LogP) is 5.62. The average molecular weight is 569 g/mol. The van der Waals surface area contributed by atoms with E-state index in [2.05, 4.69) is 42.9 Å². The maximum atomic E-state index is 13.2. The van der Waals surface area contributed by atoms with Crippen molar-refractivity contribution in [3.05, 3.63) is 45.7 Å². The third-order valence-corrected chi connectivity index (χ3v) is 7.33. The summed E-state index contributed by atoms with van der Waals surface area (Å²) in [7, 11) is 0. The molecule has 2 aromatic heterocycles. The van der Waals surface area contributed by atoms with E-state index in [1.54, 1.807) is 12.1 Å². The number of carbonyl (C=O) groups excluding carboxylic acids is 1. The number of anilines is 2. The molecule has 174 valence electrons. The first kappa shape index (κ1) is 22.4. The van der Waals surface area contributed by atoms with Crippen molar-refractivity contribution >= 4 is 51.0 Å². The molecule has 1 saturated carbocycles. The smallest absolute Gasteiger partial charge is 0.371 e. The number of rotatable bonds is 5. The van der Waals surface area contributed by atoms with Crippen molar-refractivity contribution in [2.75, 3.05) is 23.3 Å². The van der Waals surface area contributed by atoms with Crippen LogP contribution in [-0.4, -0.2) is 39.9 Å². The molecule has 2 fully saturated rings. The Labute approximate surface area is 202 Å². The monoisotopic (exact) mass is 569 g/mol. The molecular weight excluding hydrogens is 546 g/mol. The van der Waals surface area contributed by atoms with Gasteiger partial charge in [-0.05, 0) is 84.0 Å². The van der Waals surface area contributed by atoms with Crippen LogP contribution in [0.3, 0.4) is 0 Å². The Morgan fingerprint density at radius 2 is 1.88 bits per heavy atom. The van der Waals surface area contributed by atoms with E-state index in [0.717, 1.165) is 35.2 Å². The summed E-state index contributed by atoms with van der Waals surface area (Å²) in [4.78, 5) is 19.8. The third kappa shape index (κ3) is 4.95. The predicted molar refractivity (Wildman–Crippen MR) is 128 cm³/mol. The number of carbonyl (C=O) groups is 1. The van der Waals surface area contributed by atoms with Crippen LogP contribution < -0.4 is 10.2 Å². The molecule has 33 heavy (non-hydrogen) atoms. The molecule has 3 aromatic rings. The first-order chi connectivity index (χ1) is 15.7. The van der Waals surface area contributed by atoms with Crippen LogP contribution in [0.15, 0.2) is 36.5 Å². The Morgan fingerprint density at radius 1 is 1.12 bits per heavy atom. The largest absolute Gasteiger partial charge is 0.390 e. The molecule has 2 aliphatic rings. The van der Waals surface area contributed by atoms with Crippen LogP contribution in [0.5, 0.6) is 0 Å². The van der Waals surface area contributed by atoms with Gasteiger partial charge in [-0.2, -0.15) is 18.3 Å². The summed E-state index contributed by atoms with van der Waals surface area (Å²) in [6, 6.07) is 9.08. The van der Waals surface area contributed by atoms with Crippen LogP contribution in [0.25, 0.3) is 11.0 Å². The fraction of sp³-hybridized carbons (Fsp3) is 0.435. The van der Waals surface area contributed by atoms with E-state index in [1.165, 1.54) is 23.7 Å². The number of hydrogen-bond acceptors (Lipinski definition) is 4. The fourth-order valence-electron chi connectivity index (χ4n) is 4.46. The highest BCUT2D eigenvalue weighted by Gasteiger charge is 2.44. The molecule has 1 aliphatic heterocycles. The average Bonchev–Trinajstić information content (AvgIpc) is 3.40. The lowest BCUT2D eigenvalue weighted by Crippen LogP contribution is -2.35. The maximum Gasteiger partial charge on any atom is 0.390 e. The van der Waals surface area contributed by atoms with Gasteiger partial charge in [0.05, 0.1) is 30.4 Å². The zero-order chi connectivity index (χ0) is 23.2. The summed E-state index contributed by atoms with van der Waals surface area (Å²) < 4.78 is 40.2. The van der Waals surface area contributed by atoms with Gasteiger partial charge in [0.25, 0.3) is 5.91 Å². The summed E-state index contributed by atoms with van der Waals surface area (Å²) in [5, 5.41) is 7.46. The van der Waals surface area contributed by atoms with Gasteiger partial charge in [0, 0.05) is 22.0 Å². The van der Waals surface area contributed by atoms with Crippen LogP contribution >= 0.6 is 22.6 Å². The SMILES string of the molecule is O=C(Nc1ccc2cnn(CCC(F)(F)F)c2n1)c1ccc(I)cc1N1CCC2(CC1)CC2. The van der Waals surface area contributed by atoms with Crippen molar-refractivity contribution < 1.29 is 18.0 Å². The minimum Gasteiger partial charge on any atom is -0.371 e. The zero-order valence-electron chi connectivity index (χ0n) is 17.8. The summed E-state index contributed by atoms with van der Waals surface area (Å²) >= 11 is 2.25. The standard InChI is InChI=1S/C23H23F3IN5O/c24-23(25,26)9-12-32-20-15(14-28-32)1-4-19(29-20)30-21(33)17-3-2-16(27)13-18(17)31-10-7-22(5-6-22)8-11-31/h1-4,13-14H,5-12H2,(H,29,30,33). The number of amides is 1. The minimum absolute atomic E-state index is 0.279. The number of hydrogen-bond donors (Lipinski definition) is 1. The zero-order valence-corrected chi connectivity index (χ0v) is 20.0. The van der Waals surface area contributed by atoms with Crippen molar-refractivity contribution in [3.63, 3.8) is 0 Å².